The van der Waals surface area contributed by atoms with Crippen LogP contribution in [0, 0.1) is 0 Å². The van der Waals surface area contributed by atoms with E-state index in [2.05, 4.69) is 10.6 Å². The van der Waals surface area contributed by atoms with E-state index in [-0.39, 0.29) is 70.7 Å². The monoisotopic (exact) mass is 1360 g/mol. The van der Waals surface area contributed by atoms with Crippen molar-refractivity contribution in [2.45, 2.75) is 130 Å². The van der Waals surface area contributed by atoms with Crippen LogP contribution < -0.4 is 38.8 Å². The van der Waals surface area contributed by atoms with Crippen molar-refractivity contribution in [3.63, 3.8) is 0 Å². The van der Waals surface area contributed by atoms with Crippen LogP contribution in [0.3, 0.4) is 0 Å². The number of nitrogens with one attached hydrogen (secondary N) is 2. The van der Waals surface area contributed by atoms with Crippen molar-refractivity contribution in [1.82, 2.24) is 13.7 Å². The Morgan fingerprint density at radius 1 is 0.420 bits per heavy atom. The lowest BCUT2D eigenvalue weighted by Crippen LogP contribution is -2.25. The Kier molecular flexibility index (Phi) is 21.4. The molecule has 0 aliphatic heterocycles. The second-order valence-electron chi connectivity index (χ2n) is 26.6. The average Bonchev–Trinajstić information content (AvgIpc) is 1.55. The van der Waals surface area contributed by atoms with E-state index in [4.69, 9.17) is 31.2 Å². The minimum Gasteiger partial charge on any atom is -0.460 e. The molecule has 0 bridgehead atoms. The number of aliphatic hydroxyl groups excluding tert-OH is 2. The molecule has 0 fully saturated rings. The van der Waals surface area contributed by atoms with Gasteiger partial charge in [0, 0.05) is 104 Å². The number of ether oxygens (including phenoxy) is 2. The third kappa shape index (κ3) is 15.3. The molecule has 100 heavy (non-hydrogen) atoms. The van der Waals surface area contributed by atoms with Crippen molar-refractivity contribution in [1.29, 1.82) is 0 Å². The lowest BCUT2D eigenvalue weighted by atomic mass is 10.0. The number of rotatable bonds is 21. The number of amides is 2. The topological polar surface area (TPSA) is 355 Å². The molecule has 3 heterocycles. The predicted octanol–water partition coefficient (Wildman–Crippen LogP) is 9.37. The van der Waals surface area contributed by atoms with Crippen LogP contribution in [0.1, 0.15) is 147 Å². The molecule has 23 heteroatoms. The SMILES string of the molecule is CC(C)(C)OC(=O)CCCCn1c2c(c3ccc(N)cc3c1=O)C(=O)c1ccccc1-2.CC(C)(C)OC(=O)CCCCn1c2c(c3ccc(NC(=O)CC(=O)CO)cc3c1=O)C(=O)c1ccccc1-2.NCCCn1c2c(c3ccc(NC(=O)CC(=O)CO)cc3c1=O)C(=O)c1ccccc1-2. The number of anilines is 3. The Hall–Kier alpha value is -11.1. The lowest BCUT2D eigenvalue weighted by Gasteiger charge is -2.19. The molecule has 12 rings (SSSR count). The van der Waals surface area contributed by atoms with Gasteiger partial charge in [-0.05, 0) is 117 Å². The highest BCUT2D eigenvalue weighted by Crippen LogP contribution is 2.43. The van der Waals surface area contributed by atoms with Gasteiger partial charge >= 0.3 is 11.9 Å². The number of hydrogen-bond acceptors (Lipinski definition) is 18. The number of aromatic nitrogens is 3. The van der Waals surface area contributed by atoms with Crippen LogP contribution in [0.25, 0.3) is 66.1 Å². The zero-order valence-corrected chi connectivity index (χ0v) is 56.3. The maximum absolute atomic E-state index is 13.7. The van der Waals surface area contributed by atoms with Gasteiger partial charge in [0.15, 0.2) is 28.9 Å². The van der Waals surface area contributed by atoms with E-state index in [1.807, 2.05) is 63.2 Å². The van der Waals surface area contributed by atoms with Gasteiger partial charge in [0.1, 0.15) is 24.4 Å². The number of Topliss-reactive ketones (excluding diaryl/α,β-unsaturated/α-hetero) is 2. The highest BCUT2D eigenvalue weighted by atomic mass is 16.6. The average molecular weight is 1360 g/mol. The number of fused-ring (bicyclic) bond motifs is 15. The summed E-state index contributed by atoms with van der Waals surface area (Å²) in [5, 5.41) is 25.4. The number of carbonyl (C=O) groups is 9. The van der Waals surface area contributed by atoms with Crippen LogP contribution in [-0.4, -0.2) is 108 Å². The third-order valence-electron chi connectivity index (χ3n) is 16.9. The molecule has 0 unspecified atom stereocenters. The van der Waals surface area contributed by atoms with Crippen molar-refractivity contribution < 1.29 is 62.8 Å². The molecule has 2 amide bonds. The number of nitrogens with zero attached hydrogens (tertiary/aromatic N) is 3. The highest BCUT2D eigenvalue weighted by Gasteiger charge is 2.36. The molecule has 6 aromatic carbocycles. The summed E-state index contributed by atoms with van der Waals surface area (Å²) in [6.07, 6.45) is 2.29. The van der Waals surface area contributed by atoms with Crippen LogP contribution in [0.15, 0.2) is 142 Å². The number of pyridine rings is 3. The van der Waals surface area contributed by atoms with Gasteiger partial charge in [-0.1, -0.05) is 91.0 Å². The summed E-state index contributed by atoms with van der Waals surface area (Å²) >= 11 is 0. The minimum absolute atomic E-state index is 0.0807. The Labute approximate surface area is 573 Å². The molecule has 516 valence electrons. The number of nitrogen functional groups attached to an aromatic ring is 1. The summed E-state index contributed by atoms with van der Waals surface area (Å²) in [4.78, 5) is 151. The van der Waals surface area contributed by atoms with E-state index in [0.717, 1.165) is 11.1 Å². The Balaban J connectivity index is 0.000000163. The van der Waals surface area contributed by atoms with E-state index >= 15 is 0 Å². The molecule has 3 aliphatic carbocycles. The molecule has 8 N–H and O–H groups in total. The van der Waals surface area contributed by atoms with Gasteiger partial charge in [-0.25, -0.2) is 0 Å². The number of aliphatic hydroxyl groups is 2. The molecule has 0 saturated heterocycles. The number of nitrogens with two attached hydrogens (primary N) is 2. The number of carbonyl (C=O) groups excluding carboxylic acids is 9. The molecule has 0 radical (unpaired) electrons. The maximum atomic E-state index is 13.7. The minimum atomic E-state index is -0.738. The van der Waals surface area contributed by atoms with Gasteiger partial charge in [-0.3, -0.25) is 57.5 Å². The number of esters is 2. The summed E-state index contributed by atoms with van der Waals surface area (Å²) in [7, 11) is 0. The highest BCUT2D eigenvalue weighted by molar-refractivity contribution is 6.29. The zero-order valence-electron chi connectivity index (χ0n) is 56.3. The van der Waals surface area contributed by atoms with E-state index < -0.39 is 60.6 Å². The van der Waals surface area contributed by atoms with Crippen molar-refractivity contribution in [2.24, 2.45) is 5.73 Å². The van der Waals surface area contributed by atoms with E-state index in [9.17, 15) is 57.5 Å². The molecule has 23 nitrogen and oxygen atoms in total. The van der Waals surface area contributed by atoms with Crippen molar-refractivity contribution in [3.05, 3.63) is 192 Å². The number of benzene rings is 6. The summed E-state index contributed by atoms with van der Waals surface area (Å²) in [6.45, 7) is 10.9. The maximum Gasteiger partial charge on any atom is 0.306 e. The number of ketones is 5. The van der Waals surface area contributed by atoms with Gasteiger partial charge in [0.2, 0.25) is 11.8 Å². The molecule has 3 aliphatic rings. The van der Waals surface area contributed by atoms with Crippen molar-refractivity contribution in [2.75, 3.05) is 36.1 Å². The summed E-state index contributed by atoms with van der Waals surface area (Å²) in [6, 6.07) is 36.2. The first kappa shape index (κ1) is 71.6. The van der Waals surface area contributed by atoms with Gasteiger partial charge < -0.3 is 55.5 Å². The molecule has 9 aromatic rings. The van der Waals surface area contributed by atoms with Crippen molar-refractivity contribution >= 4 is 102 Å². The second kappa shape index (κ2) is 29.9. The fourth-order valence-electron chi connectivity index (χ4n) is 12.7. The standard InChI is InChI=1S/C29H30N2O7.C25H26N2O4.C23H21N3O5/c1-29(2,3)38-24(35)10-6-7-13-31-26-20-8-4-5-9-21(20)27(36)25(26)19-12-11-17(14-22(19)28(31)37)30-23(34)15-18(33)16-32;1-25(2,3)31-20(28)10-6-7-13-27-22-17-8-4-5-9-18(17)23(29)21(22)16-12-11-15(26)14-19(16)24(27)30;24-8-3-9-26-21-16-4-1-2-5-17(16)22(30)20(21)15-7-6-13(10-18(15)23(26)31)25-19(29)11-14(28)12-27/h4-5,8-9,11-12,14,32H,6-7,10,13,15-16H2,1-3H3,(H,30,34);4-5,8-9,11-12,14H,6-7,10,13,26H2,1-3H3;1-2,4-7,10,27H,3,8-9,11-12,24H2,(H,25,29). The first-order chi connectivity index (χ1) is 47.6. The fourth-order valence-corrected chi connectivity index (χ4v) is 12.7. The third-order valence-corrected chi connectivity index (χ3v) is 16.9. The van der Waals surface area contributed by atoms with E-state index in [1.165, 1.54) is 12.1 Å². The predicted molar refractivity (Wildman–Crippen MR) is 379 cm³/mol. The molecule has 3 aromatic heterocycles. The molecular formula is C77H77N7O16. The number of unbranched alkanes of at least 4 members (excludes halogenated alkanes) is 2. The Morgan fingerprint density at radius 3 is 1.07 bits per heavy atom. The smallest absolute Gasteiger partial charge is 0.306 e. The molecule has 0 spiro atoms. The lowest BCUT2D eigenvalue weighted by molar-refractivity contribution is -0.156. The number of hydrogen-bond donors (Lipinski definition) is 6. The second-order valence-corrected chi connectivity index (χ2v) is 26.6. The molecule has 0 saturated carbocycles. The largest absolute Gasteiger partial charge is 0.460 e. The Bertz CT molecular complexity index is 5060. The van der Waals surface area contributed by atoms with Crippen LogP contribution in [-0.2, 0) is 57.9 Å². The quantitative estimate of drug-likeness (QED) is 0.0169. The summed E-state index contributed by atoms with van der Waals surface area (Å²) < 4.78 is 15.5. The van der Waals surface area contributed by atoms with Crippen LogP contribution >= 0.6 is 0 Å². The van der Waals surface area contributed by atoms with Gasteiger partial charge in [-0.2, -0.15) is 0 Å². The molecule has 0 atom stereocenters. The zero-order chi connectivity index (χ0) is 72.1. The first-order valence-corrected chi connectivity index (χ1v) is 32.9. The van der Waals surface area contributed by atoms with Gasteiger partial charge in [0.05, 0.1) is 57.4 Å². The van der Waals surface area contributed by atoms with Crippen LogP contribution in [0.4, 0.5) is 17.1 Å². The summed E-state index contributed by atoms with van der Waals surface area (Å²) in [5.74, 6) is -3.42. The van der Waals surface area contributed by atoms with E-state index in [0.29, 0.717) is 152 Å². The Morgan fingerprint density at radius 2 is 0.740 bits per heavy atom. The first-order valence-electron chi connectivity index (χ1n) is 32.9. The van der Waals surface area contributed by atoms with Crippen molar-refractivity contribution in [3.8, 4) is 33.8 Å². The summed E-state index contributed by atoms with van der Waals surface area (Å²) in [5.41, 5.74) is 17.8. The molecular weight excluding hydrogens is 1280 g/mol. The fraction of sp³-hybridized carbons (Fsp3) is 0.299. The van der Waals surface area contributed by atoms with Crippen LogP contribution in [0.5, 0.6) is 0 Å². The van der Waals surface area contributed by atoms with Gasteiger partial charge in [-0.15, -0.1) is 0 Å². The van der Waals surface area contributed by atoms with Crippen LogP contribution in [0.2, 0.25) is 0 Å². The normalized spacial score (nSPS) is 12.3. The van der Waals surface area contributed by atoms with E-state index in [1.54, 1.807) is 107 Å². The van der Waals surface area contributed by atoms with Gasteiger partial charge in [0.25, 0.3) is 16.7 Å².